The van der Waals surface area contributed by atoms with Gasteiger partial charge in [0, 0.05) is 38.6 Å². The molecule has 13 heteroatoms. The second-order valence-corrected chi connectivity index (χ2v) is 8.41. The lowest BCUT2D eigenvalue weighted by Crippen LogP contribution is -2.64. The van der Waals surface area contributed by atoms with Crippen LogP contribution in [-0.4, -0.2) is 78.7 Å². The summed E-state index contributed by atoms with van der Waals surface area (Å²) in [6, 6.07) is 7.01. The van der Waals surface area contributed by atoms with Gasteiger partial charge in [0.1, 0.15) is 18.4 Å². The van der Waals surface area contributed by atoms with Crippen LogP contribution in [0.3, 0.4) is 0 Å². The minimum atomic E-state index is -1.36. The van der Waals surface area contributed by atoms with Gasteiger partial charge in [-0.15, -0.1) is 0 Å². The molecule has 0 bridgehead atoms. The van der Waals surface area contributed by atoms with Crippen LogP contribution in [0.15, 0.2) is 24.3 Å². The van der Waals surface area contributed by atoms with Crippen molar-refractivity contribution in [2.24, 2.45) is 0 Å². The Kier molecular flexibility index (Phi) is 9.29. The Balaban J connectivity index is 2.11. The van der Waals surface area contributed by atoms with Crippen molar-refractivity contribution in [3.8, 4) is 0 Å². The van der Waals surface area contributed by atoms with E-state index in [-0.39, 0.29) is 24.6 Å². The Morgan fingerprint density at radius 1 is 0.842 bits per heavy atom. The smallest absolute Gasteiger partial charge is 0.356 e. The van der Waals surface area contributed by atoms with Gasteiger partial charge in [-0.2, -0.15) is 0 Å². The first-order chi connectivity index (χ1) is 18.0. The second kappa shape index (κ2) is 12.4. The van der Waals surface area contributed by atoms with Gasteiger partial charge in [-0.3, -0.25) is 19.2 Å². The number of esters is 5. The number of anilines is 1. The van der Waals surface area contributed by atoms with E-state index in [2.05, 4.69) is 10.3 Å². The molecule has 206 valence electrons. The summed E-state index contributed by atoms with van der Waals surface area (Å²) >= 11 is 0. The predicted molar refractivity (Wildman–Crippen MR) is 130 cm³/mol. The number of para-hydroxylation sites is 1. The summed E-state index contributed by atoms with van der Waals surface area (Å²) in [6.45, 7) is 5.99. The summed E-state index contributed by atoms with van der Waals surface area (Å²) in [4.78, 5) is 63.3. The fraction of sp³-hybridized carbons (Fsp3) is 0.480. The molecule has 0 spiro atoms. The van der Waals surface area contributed by atoms with Gasteiger partial charge in [-0.05, 0) is 13.0 Å². The maximum Gasteiger partial charge on any atom is 0.356 e. The molecule has 1 aliphatic heterocycles. The molecule has 13 nitrogen and oxygen atoms in total. The molecule has 2 N–H and O–H groups in total. The van der Waals surface area contributed by atoms with Crippen LogP contribution in [0.25, 0.3) is 10.9 Å². The van der Waals surface area contributed by atoms with Gasteiger partial charge in [-0.1, -0.05) is 18.2 Å². The van der Waals surface area contributed by atoms with E-state index in [4.69, 9.17) is 28.4 Å². The molecule has 2 heterocycles. The van der Waals surface area contributed by atoms with Crippen LogP contribution < -0.4 is 5.32 Å². The molecule has 0 unspecified atom stereocenters. The summed E-state index contributed by atoms with van der Waals surface area (Å²) in [7, 11) is 0. The standard InChI is InChI=1S/C25H30N2O11/c1-6-33-25(32)20-19(16-9-7-8-10-17(16)26-20)27-24-23(37-15(5)31)22(36-14(4)30)21(35-13(3)29)18(38-24)11-34-12(2)28/h7-10,18,21-24,26-27H,6,11H2,1-5H3/t18-,21-,22+,23-,24-/m1/s1. The van der Waals surface area contributed by atoms with Crippen molar-refractivity contribution in [2.45, 2.75) is 65.3 Å². The number of hydrogen-bond donors (Lipinski definition) is 2. The maximum absolute atomic E-state index is 12.8. The highest BCUT2D eigenvalue weighted by molar-refractivity contribution is 6.06. The molecule has 0 aliphatic carbocycles. The first kappa shape index (κ1) is 28.4. The molecule has 0 amide bonds. The van der Waals surface area contributed by atoms with Gasteiger partial charge >= 0.3 is 29.8 Å². The summed E-state index contributed by atoms with van der Waals surface area (Å²) in [6.07, 6.45) is -6.41. The van der Waals surface area contributed by atoms with E-state index in [0.29, 0.717) is 10.9 Å². The molecule has 1 fully saturated rings. The Hall–Kier alpha value is -4.13. The average molecular weight is 535 g/mol. The molecule has 0 radical (unpaired) electrons. The van der Waals surface area contributed by atoms with E-state index < -0.39 is 60.5 Å². The maximum atomic E-state index is 12.8. The Morgan fingerprint density at radius 2 is 1.45 bits per heavy atom. The number of nitrogens with one attached hydrogen (secondary N) is 2. The molecule has 38 heavy (non-hydrogen) atoms. The van der Waals surface area contributed by atoms with E-state index in [1.165, 1.54) is 6.92 Å². The van der Waals surface area contributed by atoms with Gasteiger partial charge in [0.2, 0.25) is 0 Å². The molecule has 0 saturated carbocycles. The number of carbonyl (C=O) groups excluding carboxylic acids is 5. The molecule has 1 saturated heterocycles. The highest BCUT2D eigenvalue weighted by Crippen LogP contribution is 2.34. The third kappa shape index (κ3) is 6.79. The topological polar surface area (TPSA) is 169 Å². The molecular weight excluding hydrogens is 504 g/mol. The van der Waals surface area contributed by atoms with E-state index in [1.54, 1.807) is 31.2 Å². The number of aromatic amines is 1. The third-order valence-electron chi connectivity index (χ3n) is 5.46. The second-order valence-electron chi connectivity index (χ2n) is 8.41. The normalized spacial score (nSPS) is 22.7. The van der Waals surface area contributed by atoms with E-state index in [0.717, 1.165) is 20.8 Å². The molecule has 3 rings (SSSR count). The number of ether oxygens (including phenoxy) is 6. The number of fused-ring (bicyclic) bond motifs is 1. The van der Waals surface area contributed by atoms with E-state index in [9.17, 15) is 24.0 Å². The fourth-order valence-corrected chi connectivity index (χ4v) is 4.14. The van der Waals surface area contributed by atoms with Crippen LogP contribution >= 0.6 is 0 Å². The van der Waals surface area contributed by atoms with Crippen molar-refractivity contribution in [1.29, 1.82) is 0 Å². The van der Waals surface area contributed by atoms with Gasteiger partial charge in [0.15, 0.2) is 24.5 Å². The molecule has 5 atom stereocenters. The molecule has 2 aromatic rings. The Morgan fingerprint density at radius 3 is 2.05 bits per heavy atom. The highest BCUT2D eigenvalue weighted by atomic mass is 16.7. The van der Waals surface area contributed by atoms with Crippen molar-refractivity contribution in [1.82, 2.24) is 4.98 Å². The lowest BCUT2D eigenvalue weighted by atomic mass is 9.97. The molecular formula is C25H30N2O11. The predicted octanol–water partition coefficient (Wildman–Crippen LogP) is 1.84. The minimum Gasteiger partial charge on any atom is -0.463 e. The zero-order valence-electron chi connectivity index (χ0n) is 21.6. The number of rotatable bonds is 9. The van der Waals surface area contributed by atoms with Crippen molar-refractivity contribution in [2.75, 3.05) is 18.5 Å². The van der Waals surface area contributed by atoms with Crippen molar-refractivity contribution < 1.29 is 52.4 Å². The van der Waals surface area contributed by atoms with Gasteiger partial charge in [-0.25, -0.2) is 4.79 Å². The van der Waals surface area contributed by atoms with Gasteiger partial charge < -0.3 is 38.7 Å². The third-order valence-corrected chi connectivity index (χ3v) is 5.46. The van der Waals surface area contributed by atoms with Crippen LogP contribution in [0.5, 0.6) is 0 Å². The lowest BCUT2D eigenvalue weighted by Gasteiger charge is -2.44. The van der Waals surface area contributed by atoms with Gasteiger partial charge in [0.05, 0.1) is 12.3 Å². The average Bonchev–Trinajstić information content (AvgIpc) is 3.19. The van der Waals surface area contributed by atoms with Gasteiger partial charge in [0.25, 0.3) is 0 Å². The summed E-state index contributed by atoms with van der Waals surface area (Å²) in [5.41, 5.74) is 0.935. The number of aromatic nitrogens is 1. The monoisotopic (exact) mass is 534 g/mol. The zero-order chi connectivity index (χ0) is 28.0. The summed E-state index contributed by atoms with van der Waals surface area (Å²) in [5, 5.41) is 3.64. The molecule has 1 aromatic carbocycles. The lowest BCUT2D eigenvalue weighted by molar-refractivity contribution is -0.247. The Labute approximate surface area is 218 Å². The van der Waals surface area contributed by atoms with Crippen molar-refractivity contribution in [3.05, 3.63) is 30.0 Å². The first-order valence-corrected chi connectivity index (χ1v) is 11.9. The van der Waals surface area contributed by atoms with Crippen molar-refractivity contribution >= 4 is 46.4 Å². The largest absolute Gasteiger partial charge is 0.463 e. The summed E-state index contributed by atoms with van der Waals surface area (Å²) < 4.78 is 32.7. The van der Waals surface area contributed by atoms with Crippen LogP contribution in [0.1, 0.15) is 45.1 Å². The first-order valence-electron chi connectivity index (χ1n) is 11.9. The van der Waals surface area contributed by atoms with Crippen LogP contribution in [0.2, 0.25) is 0 Å². The Bertz CT molecular complexity index is 1210. The summed E-state index contributed by atoms with van der Waals surface area (Å²) in [5.74, 6) is -3.52. The quantitative estimate of drug-likeness (QED) is 0.354. The SMILES string of the molecule is CCOC(=O)c1[nH]c2ccccc2c1N[C@@H]1O[C@H](COC(C)=O)[C@@H](OC(C)=O)[C@H](OC(C)=O)[C@H]1OC(C)=O. The van der Waals surface area contributed by atoms with Crippen LogP contribution in [-0.2, 0) is 47.6 Å². The van der Waals surface area contributed by atoms with E-state index >= 15 is 0 Å². The zero-order valence-corrected chi connectivity index (χ0v) is 21.6. The number of carbonyl (C=O) groups is 5. The van der Waals surface area contributed by atoms with Crippen LogP contribution in [0, 0.1) is 0 Å². The number of hydrogen-bond acceptors (Lipinski definition) is 12. The van der Waals surface area contributed by atoms with Crippen molar-refractivity contribution in [3.63, 3.8) is 0 Å². The van der Waals surface area contributed by atoms with Crippen LogP contribution in [0.4, 0.5) is 5.69 Å². The highest BCUT2D eigenvalue weighted by Gasteiger charge is 2.52. The molecule has 1 aliphatic rings. The minimum absolute atomic E-state index is 0.0703. The number of H-pyrrole nitrogens is 1. The fourth-order valence-electron chi connectivity index (χ4n) is 4.14. The van der Waals surface area contributed by atoms with E-state index in [1.807, 2.05) is 0 Å². The molecule has 1 aromatic heterocycles. The number of benzene rings is 1.